The van der Waals surface area contributed by atoms with Gasteiger partial charge in [-0.1, -0.05) is 0 Å². The van der Waals surface area contributed by atoms with Crippen LogP contribution in [0.15, 0.2) is 0 Å². The number of carboxylic acids is 1. The van der Waals surface area contributed by atoms with Crippen molar-refractivity contribution < 1.29 is 27.4 Å². The summed E-state index contributed by atoms with van der Waals surface area (Å²) in [6, 6.07) is -0.816. The van der Waals surface area contributed by atoms with Crippen molar-refractivity contribution in [2.45, 2.75) is 6.04 Å². The number of carbonyl (C=O) groups is 1. The molecule has 1 atom stereocenters. The molecule has 0 fully saturated rings. The second-order valence-corrected chi connectivity index (χ2v) is 2.84. The monoisotopic (exact) mass is 219 g/mol. The summed E-state index contributed by atoms with van der Waals surface area (Å²) in [6.07, 6.45) is 0. The summed E-state index contributed by atoms with van der Waals surface area (Å²) in [7, 11) is -4.67. The Morgan fingerprint density at radius 1 is 1.50 bits per heavy atom. The molecule has 0 aliphatic heterocycles. The predicted octanol–water partition coefficient (Wildman–Crippen LogP) is -1.32. The molecule has 0 heterocycles. The van der Waals surface area contributed by atoms with E-state index < -0.39 is 22.4 Å². The van der Waals surface area contributed by atoms with E-state index in [0.29, 0.717) is 0 Å². The molecule has 0 aliphatic rings. The first-order chi connectivity index (χ1) is 5.18. The third kappa shape index (κ3) is 22.6. The molecule has 0 saturated carbocycles. The molecule has 5 N–H and O–H groups in total. The largest absolute Gasteiger partial charge is 0.480 e. The number of hydrogen-bond acceptors (Lipinski definition) is 5. The van der Waals surface area contributed by atoms with Crippen LogP contribution >= 0.6 is 12.6 Å². The van der Waals surface area contributed by atoms with Crippen LogP contribution in [-0.4, -0.2) is 40.4 Å². The fraction of sp³-hybridized carbons (Fsp3) is 0.667. The summed E-state index contributed by atoms with van der Waals surface area (Å²) in [4.78, 5) is 9.76. The highest BCUT2D eigenvalue weighted by molar-refractivity contribution is 7.80. The lowest BCUT2D eigenvalue weighted by Gasteiger charge is -1.96. The van der Waals surface area contributed by atoms with Crippen molar-refractivity contribution in [2.75, 3.05) is 5.75 Å². The Bertz CT molecular complexity index is 215. The quantitative estimate of drug-likeness (QED) is 0.286. The molecule has 0 aromatic carbocycles. The van der Waals surface area contributed by atoms with Crippen molar-refractivity contribution in [1.29, 1.82) is 0 Å². The van der Waals surface area contributed by atoms with Crippen LogP contribution in [0.5, 0.6) is 0 Å². The molecule has 12 heavy (non-hydrogen) atoms. The van der Waals surface area contributed by atoms with E-state index in [-0.39, 0.29) is 5.75 Å². The summed E-state index contributed by atoms with van der Waals surface area (Å²) < 4.78 is 31.6. The normalized spacial score (nSPS) is 12.7. The summed E-state index contributed by atoms with van der Waals surface area (Å²) in [5.41, 5.74) is 4.94. The van der Waals surface area contributed by atoms with E-state index in [1.807, 2.05) is 0 Å². The SMILES string of the molecule is NC(CS)C(=O)O.O=S(=O)(O)O. The molecular weight excluding hydrogens is 210 g/mol. The zero-order valence-electron chi connectivity index (χ0n) is 5.78. The van der Waals surface area contributed by atoms with Crippen LogP contribution in [-0.2, 0) is 15.2 Å². The van der Waals surface area contributed by atoms with Gasteiger partial charge in [-0.15, -0.1) is 0 Å². The molecule has 7 nitrogen and oxygen atoms in total. The molecule has 0 saturated heterocycles. The molecule has 0 rings (SSSR count). The number of nitrogens with two attached hydrogens (primary N) is 1. The Labute approximate surface area is 74.6 Å². The van der Waals surface area contributed by atoms with Crippen LogP contribution in [0.4, 0.5) is 0 Å². The van der Waals surface area contributed by atoms with E-state index in [1.54, 1.807) is 0 Å². The number of aliphatic carboxylic acids is 1. The van der Waals surface area contributed by atoms with Gasteiger partial charge < -0.3 is 10.8 Å². The molecule has 0 bridgehead atoms. The Kier molecular flexibility index (Phi) is 7.33. The molecule has 0 aromatic heterocycles. The van der Waals surface area contributed by atoms with Crippen LogP contribution in [0.1, 0.15) is 0 Å². The van der Waals surface area contributed by atoms with Crippen molar-refractivity contribution in [3.8, 4) is 0 Å². The molecule has 0 amide bonds. The minimum atomic E-state index is -4.67. The topological polar surface area (TPSA) is 138 Å². The van der Waals surface area contributed by atoms with Gasteiger partial charge in [-0.2, -0.15) is 21.0 Å². The van der Waals surface area contributed by atoms with Gasteiger partial charge in [-0.25, -0.2) is 0 Å². The molecule has 9 heteroatoms. The minimum absolute atomic E-state index is 0.190. The second-order valence-electron chi connectivity index (χ2n) is 1.58. The van der Waals surface area contributed by atoms with Gasteiger partial charge in [0.15, 0.2) is 0 Å². The Balaban J connectivity index is 0. The first-order valence-electron chi connectivity index (χ1n) is 2.47. The predicted molar refractivity (Wildman–Crippen MR) is 43.6 cm³/mol. The standard InChI is InChI=1S/C3H7NO2S.H2O4S/c4-2(1-7)3(5)6;1-5(2,3)4/h2,7H,1,4H2,(H,5,6);(H2,1,2,3,4). The van der Waals surface area contributed by atoms with E-state index in [4.69, 9.17) is 28.4 Å². The van der Waals surface area contributed by atoms with Gasteiger partial charge >= 0.3 is 16.4 Å². The van der Waals surface area contributed by atoms with Crippen LogP contribution in [0, 0.1) is 0 Å². The van der Waals surface area contributed by atoms with Crippen LogP contribution < -0.4 is 5.73 Å². The van der Waals surface area contributed by atoms with Gasteiger partial charge in [-0.05, 0) is 0 Å². The summed E-state index contributed by atoms with van der Waals surface area (Å²) in [6.45, 7) is 0. The molecule has 1 unspecified atom stereocenters. The maximum Gasteiger partial charge on any atom is 0.394 e. The maximum absolute atomic E-state index is 9.76. The third-order valence-corrected chi connectivity index (χ3v) is 0.907. The van der Waals surface area contributed by atoms with E-state index in [1.165, 1.54) is 0 Å². The summed E-state index contributed by atoms with van der Waals surface area (Å²) in [5.74, 6) is -0.815. The lowest BCUT2D eigenvalue weighted by atomic mass is 10.4. The first-order valence-corrected chi connectivity index (χ1v) is 4.50. The van der Waals surface area contributed by atoms with Gasteiger partial charge in [0.05, 0.1) is 0 Å². The molecule has 0 aliphatic carbocycles. The summed E-state index contributed by atoms with van der Waals surface area (Å²) in [5, 5.41) is 8.01. The Hall–Kier alpha value is -0.350. The highest BCUT2D eigenvalue weighted by Gasteiger charge is 2.06. The number of carboxylic acid groups (broad SMARTS) is 1. The van der Waals surface area contributed by atoms with Crippen molar-refractivity contribution in [2.24, 2.45) is 5.73 Å². The highest BCUT2D eigenvalue weighted by atomic mass is 32.3. The lowest BCUT2D eigenvalue weighted by Crippen LogP contribution is -2.31. The molecule has 0 aromatic rings. The highest BCUT2D eigenvalue weighted by Crippen LogP contribution is 1.80. The average Bonchev–Trinajstić information content (AvgIpc) is 1.82. The van der Waals surface area contributed by atoms with Crippen LogP contribution in [0.2, 0.25) is 0 Å². The van der Waals surface area contributed by atoms with Gasteiger partial charge in [0, 0.05) is 5.75 Å². The molecule has 74 valence electrons. The van der Waals surface area contributed by atoms with Crippen molar-refractivity contribution in [3.63, 3.8) is 0 Å². The number of rotatable bonds is 2. The van der Waals surface area contributed by atoms with Crippen molar-refractivity contribution in [1.82, 2.24) is 0 Å². The van der Waals surface area contributed by atoms with Crippen molar-refractivity contribution >= 4 is 29.0 Å². The van der Waals surface area contributed by atoms with Gasteiger partial charge in [0.1, 0.15) is 6.04 Å². The summed E-state index contributed by atoms with van der Waals surface area (Å²) >= 11 is 3.65. The zero-order chi connectivity index (χ0) is 10.4. The fourth-order valence-corrected chi connectivity index (χ4v) is 0.234. The molecule has 0 radical (unpaired) electrons. The van der Waals surface area contributed by atoms with E-state index >= 15 is 0 Å². The van der Waals surface area contributed by atoms with Crippen LogP contribution in [0.25, 0.3) is 0 Å². The van der Waals surface area contributed by atoms with E-state index in [2.05, 4.69) is 12.6 Å². The van der Waals surface area contributed by atoms with Gasteiger partial charge in [-0.3, -0.25) is 13.9 Å². The van der Waals surface area contributed by atoms with Gasteiger partial charge in [0.2, 0.25) is 0 Å². The first kappa shape index (κ1) is 14.2. The third-order valence-electron chi connectivity index (χ3n) is 0.514. The Morgan fingerprint density at radius 3 is 1.75 bits per heavy atom. The number of hydrogen-bond donors (Lipinski definition) is 5. The average molecular weight is 219 g/mol. The van der Waals surface area contributed by atoms with Gasteiger partial charge in [0.25, 0.3) is 0 Å². The Morgan fingerprint density at radius 2 is 1.75 bits per heavy atom. The minimum Gasteiger partial charge on any atom is -0.480 e. The maximum atomic E-state index is 9.76. The fourth-order valence-electron chi connectivity index (χ4n) is 0.0781. The lowest BCUT2D eigenvalue weighted by molar-refractivity contribution is -0.137. The van der Waals surface area contributed by atoms with E-state index in [9.17, 15) is 4.79 Å². The smallest absolute Gasteiger partial charge is 0.394 e. The zero-order valence-corrected chi connectivity index (χ0v) is 7.49. The number of thiol groups is 1. The van der Waals surface area contributed by atoms with Crippen molar-refractivity contribution in [3.05, 3.63) is 0 Å². The second kappa shape index (κ2) is 6.20. The molecular formula is C3H9NO6S2. The van der Waals surface area contributed by atoms with E-state index in [0.717, 1.165) is 0 Å². The van der Waals surface area contributed by atoms with Crippen LogP contribution in [0.3, 0.4) is 0 Å². The molecule has 0 spiro atoms.